The van der Waals surface area contributed by atoms with E-state index in [1.165, 1.54) is 18.4 Å². The summed E-state index contributed by atoms with van der Waals surface area (Å²) < 4.78 is 5.87. The average Bonchev–Trinajstić information content (AvgIpc) is 3.00. The van der Waals surface area contributed by atoms with Crippen LogP contribution in [0.5, 0.6) is 0 Å². The third-order valence-electron chi connectivity index (χ3n) is 3.49. The summed E-state index contributed by atoms with van der Waals surface area (Å²) in [6.45, 7) is 2.07. The van der Waals surface area contributed by atoms with Gasteiger partial charge in [-0.2, -0.15) is 0 Å². The predicted octanol–water partition coefficient (Wildman–Crippen LogP) is 3.40. The lowest BCUT2D eigenvalue weighted by atomic mass is 10.1. The van der Waals surface area contributed by atoms with E-state index in [0.717, 1.165) is 28.2 Å². The molecule has 18 heavy (non-hydrogen) atoms. The Bertz CT molecular complexity index is 722. The molecule has 90 valence electrons. The van der Waals surface area contributed by atoms with E-state index >= 15 is 0 Å². The van der Waals surface area contributed by atoms with Crippen molar-refractivity contribution in [1.82, 2.24) is 15.0 Å². The number of aromatic amines is 1. The molecule has 0 radical (unpaired) electrons. The van der Waals surface area contributed by atoms with Gasteiger partial charge in [0.05, 0.1) is 6.20 Å². The van der Waals surface area contributed by atoms with E-state index < -0.39 is 0 Å². The first kappa shape index (κ1) is 9.88. The largest absolute Gasteiger partial charge is 0.440 e. The Hall–Kier alpha value is -2.10. The van der Waals surface area contributed by atoms with Gasteiger partial charge in [-0.25, -0.2) is 9.97 Å². The van der Waals surface area contributed by atoms with Crippen LogP contribution in [0, 0.1) is 6.92 Å². The lowest BCUT2D eigenvalue weighted by molar-refractivity contribution is 0.509. The molecule has 0 unspecified atom stereocenters. The number of aryl methyl sites for hydroxylation is 1. The van der Waals surface area contributed by atoms with Crippen molar-refractivity contribution in [2.24, 2.45) is 0 Å². The Kier molecular flexibility index (Phi) is 1.89. The Morgan fingerprint density at radius 3 is 3.06 bits per heavy atom. The molecule has 1 aliphatic rings. The number of pyridine rings is 1. The third-order valence-corrected chi connectivity index (χ3v) is 3.49. The van der Waals surface area contributed by atoms with Crippen LogP contribution < -0.4 is 0 Å². The van der Waals surface area contributed by atoms with Crippen molar-refractivity contribution in [3.63, 3.8) is 0 Å². The van der Waals surface area contributed by atoms with Crippen LogP contribution in [0.2, 0.25) is 0 Å². The topological polar surface area (TPSA) is 54.7 Å². The molecule has 1 fully saturated rings. The standard InChI is InChI=1S/C14H13N3O/c1-8-6-16-13-12(8)10(4-5-15-13)11-7-17-14(18-11)9-2-3-9/h4-7,9H,2-3H2,1H3,(H,15,16). The Balaban J connectivity index is 1.91. The van der Waals surface area contributed by atoms with Crippen molar-refractivity contribution >= 4 is 11.0 Å². The molecule has 1 aliphatic carbocycles. The van der Waals surface area contributed by atoms with Gasteiger partial charge >= 0.3 is 0 Å². The van der Waals surface area contributed by atoms with Crippen molar-refractivity contribution in [1.29, 1.82) is 0 Å². The normalized spacial score (nSPS) is 15.4. The number of oxazole rings is 1. The highest BCUT2D eigenvalue weighted by Crippen LogP contribution is 2.41. The highest BCUT2D eigenvalue weighted by Gasteiger charge is 2.28. The van der Waals surface area contributed by atoms with Crippen molar-refractivity contribution in [2.45, 2.75) is 25.7 Å². The zero-order valence-corrected chi connectivity index (χ0v) is 10.1. The van der Waals surface area contributed by atoms with Crippen LogP contribution in [-0.2, 0) is 0 Å². The van der Waals surface area contributed by atoms with Crippen molar-refractivity contribution in [2.75, 3.05) is 0 Å². The molecule has 0 saturated heterocycles. The van der Waals surface area contributed by atoms with Crippen LogP contribution >= 0.6 is 0 Å². The van der Waals surface area contributed by atoms with E-state index in [2.05, 4.69) is 21.9 Å². The van der Waals surface area contributed by atoms with E-state index in [9.17, 15) is 0 Å². The first-order valence-corrected chi connectivity index (χ1v) is 6.22. The highest BCUT2D eigenvalue weighted by atomic mass is 16.4. The molecule has 0 bridgehead atoms. The van der Waals surface area contributed by atoms with E-state index in [1.54, 1.807) is 6.20 Å². The number of aromatic nitrogens is 3. The van der Waals surface area contributed by atoms with E-state index in [-0.39, 0.29) is 0 Å². The summed E-state index contributed by atoms with van der Waals surface area (Å²) in [6.07, 6.45) is 8.00. The van der Waals surface area contributed by atoms with Crippen molar-refractivity contribution in [3.05, 3.63) is 36.1 Å². The smallest absolute Gasteiger partial charge is 0.198 e. The molecule has 1 saturated carbocycles. The summed E-state index contributed by atoms with van der Waals surface area (Å²) in [5, 5.41) is 1.12. The molecule has 4 nitrogen and oxygen atoms in total. The zero-order chi connectivity index (χ0) is 12.1. The van der Waals surface area contributed by atoms with Gasteiger partial charge in [0.2, 0.25) is 0 Å². The van der Waals surface area contributed by atoms with Crippen LogP contribution in [0.1, 0.15) is 30.2 Å². The zero-order valence-electron chi connectivity index (χ0n) is 10.1. The molecule has 3 aromatic rings. The first-order chi connectivity index (χ1) is 8.83. The van der Waals surface area contributed by atoms with E-state index in [4.69, 9.17) is 4.42 Å². The second kappa shape index (κ2) is 3.45. The van der Waals surface area contributed by atoms with Gasteiger partial charge in [0.15, 0.2) is 11.7 Å². The Morgan fingerprint density at radius 2 is 2.22 bits per heavy atom. The minimum absolute atomic E-state index is 0.545. The van der Waals surface area contributed by atoms with Crippen LogP contribution in [-0.4, -0.2) is 15.0 Å². The fourth-order valence-corrected chi connectivity index (χ4v) is 2.36. The molecular formula is C14H13N3O. The third kappa shape index (κ3) is 1.38. The average molecular weight is 239 g/mol. The molecule has 4 heteroatoms. The molecule has 0 aromatic carbocycles. The summed E-state index contributed by atoms with van der Waals surface area (Å²) in [5.74, 6) is 2.26. The predicted molar refractivity (Wildman–Crippen MR) is 68.3 cm³/mol. The first-order valence-electron chi connectivity index (χ1n) is 6.22. The maximum Gasteiger partial charge on any atom is 0.198 e. The maximum atomic E-state index is 5.87. The highest BCUT2D eigenvalue weighted by molar-refractivity contribution is 5.93. The number of fused-ring (bicyclic) bond motifs is 1. The SMILES string of the molecule is Cc1c[nH]c2nccc(-c3cnc(C4CC4)o3)c12. The van der Waals surface area contributed by atoms with Crippen LogP contribution in [0.15, 0.2) is 29.1 Å². The monoisotopic (exact) mass is 239 g/mol. The minimum Gasteiger partial charge on any atom is -0.440 e. The Morgan fingerprint density at radius 1 is 1.33 bits per heavy atom. The minimum atomic E-state index is 0.545. The summed E-state index contributed by atoms with van der Waals surface area (Å²) in [6, 6.07) is 1.99. The van der Waals surface area contributed by atoms with Crippen LogP contribution in [0.4, 0.5) is 0 Å². The number of H-pyrrole nitrogens is 1. The molecule has 3 aromatic heterocycles. The quantitative estimate of drug-likeness (QED) is 0.745. The summed E-state index contributed by atoms with van der Waals surface area (Å²) in [4.78, 5) is 11.9. The summed E-state index contributed by atoms with van der Waals surface area (Å²) >= 11 is 0. The summed E-state index contributed by atoms with van der Waals surface area (Å²) in [5.41, 5.74) is 3.14. The van der Waals surface area contributed by atoms with Gasteiger partial charge in [-0.05, 0) is 31.4 Å². The van der Waals surface area contributed by atoms with Crippen LogP contribution in [0.3, 0.4) is 0 Å². The van der Waals surface area contributed by atoms with Gasteiger partial charge < -0.3 is 9.40 Å². The molecule has 3 heterocycles. The molecule has 0 aliphatic heterocycles. The fourth-order valence-electron chi connectivity index (χ4n) is 2.36. The molecule has 0 atom stereocenters. The number of hydrogen-bond donors (Lipinski definition) is 1. The van der Waals surface area contributed by atoms with Gasteiger partial charge in [0, 0.05) is 29.3 Å². The van der Waals surface area contributed by atoms with Crippen molar-refractivity contribution < 1.29 is 4.42 Å². The van der Waals surface area contributed by atoms with Gasteiger partial charge in [0.25, 0.3) is 0 Å². The molecular weight excluding hydrogens is 226 g/mol. The second-order valence-electron chi connectivity index (χ2n) is 4.89. The molecule has 1 N–H and O–H groups in total. The van der Waals surface area contributed by atoms with Gasteiger partial charge in [-0.1, -0.05) is 0 Å². The summed E-state index contributed by atoms with van der Waals surface area (Å²) in [7, 11) is 0. The lowest BCUT2D eigenvalue weighted by Gasteiger charge is -1.99. The number of nitrogens with one attached hydrogen (secondary N) is 1. The lowest BCUT2D eigenvalue weighted by Crippen LogP contribution is -1.81. The van der Waals surface area contributed by atoms with E-state index in [0.29, 0.717) is 5.92 Å². The van der Waals surface area contributed by atoms with Crippen LogP contribution in [0.25, 0.3) is 22.4 Å². The second-order valence-corrected chi connectivity index (χ2v) is 4.89. The Labute approximate surface area is 104 Å². The fraction of sp³-hybridized carbons (Fsp3) is 0.286. The number of rotatable bonds is 2. The molecule has 4 rings (SSSR count). The number of nitrogens with zero attached hydrogens (tertiary/aromatic N) is 2. The van der Waals surface area contributed by atoms with Crippen molar-refractivity contribution in [3.8, 4) is 11.3 Å². The molecule has 0 amide bonds. The molecule has 0 spiro atoms. The van der Waals surface area contributed by atoms with Gasteiger partial charge in [-0.3, -0.25) is 0 Å². The maximum absolute atomic E-state index is 5.87. The van der Waals surface area contributed by atoms with Gasteiger partial charge in [0.1, 0.15) is 5.65 Å². The number of hydrogen-bond acceptors (Lipinski definition) is 3. The van der Waals surface area contributed by atoms with E-state index in [1.807, 2.05) is 18.5 Å². The van der Waals surface area contributed by atoms with Gasteiger partial charge in [-0.15, -0.1) is 0 Å².